The lowest BCUT2D eigenvalue weighted by Crippen LogP contribution is -2.53. The smallest absolute Gasteiger partial charge is 0.258 e. The third-order valence-electron chi connectivity index (χ3n) is 2.85. The molecule has 1 atom stereocenters. The van der Waals surface area contributed by atoms with Crippen molar-refractivity contribution in [2.24, 2.45) is 0 Å². The number of nitrogens with two attached hydrogens (primary N) is 1. The van der Waals surface area contributed by atoms with E-state index in [4.69, 9.17) is 10.5 Å². The number of nitrogens with one attached hydrogen (secondary N) is 2. The Morgan fingerprint density at radius 3 is 2.85 bits per heavy atom. The maximum atomic E-state index is 11.7. The quantitative estimate of drug-likeness (QED) is 0.511. The van der Waals surface area contributed by atoms with Gasteiger partial charge in [-0.25, -0.2) is 0 Å². The van der Waals surface area contributed by atoms with Crippen molar-refractivity contribution >= 4 is 23.4 Å². The summed E-state index contributed by atoms with van der Waals surface area (Å²) < 4.78 is 5.26. The van der Waals surface area contributed by atoms with E-state index in [1.54, 1.807) is 24.3 Å². The van der Waals surface area contributed by atoms with Crippen molar-refractivity contribution < 1.29 is 19.1 Å². The predicted molar refractivity (Wildman–Crippen MR) is 70.7 cm³/mol. The Labute approximate surface area is 115 Å². The van der Waals surface area contributed by atoms with Crippen LogP contribution in [0.15, 0.2) is 24.3 Å². The van der Waals surface area contributed by atoms with Crippen LogP contribution in [-0.4, -0.2) is 30.4 Å². The second-order valence-electron chi connectivity index (χ2n) is 4.40. The summed E-state index contributed by atoms with van der Waals surface area (Å²) in [6.07, 6.45) is 0.507. The van der Waals surface area contributed by atoms with Crippen molar-refractivity contribution in [3.8, 4) is 5.75 Å². The largest absolute Gasteiger partial charge is 0.482 e. The number of rotatable bonds is 4. The molecule has 7 heteroatoms. The highest BCUT2D eigenvalue weighted by atomic mass is 16.5. The molecule has 3 amide bonds. The van der Waals surface area contributed by atoms with Crippen molar-refractivity contribution in [1.82, 2.24) is 10.6 Å². The molecule has 1 fully saturated rings. The van der Waals surface area contributed by atoms with Crippen LogP contribution in [0, 0.1) is 0 Å². The van der Waals surface area contributed by atoms with E-state index >= 15 is 0 Å². The van der Waals surface area contributed by atoms with Crippen molar-refractivity contribution in [3.05, 3.63) is 24.3 Å². The van der Waals surface area contributed by atoms with Gasteiger partial charge in [0.15, 0.2) is 6.61 Å². The van der Waals surface area contributed by atoms with Crippen LogP contribution < -0.4 is 21.1 Å². The van der Waals surface area contributed by atoms with Gasteiger partial charge in [-0.1, -0.05) is 12.1 Å². The number of carbonyl (C=O) groups excluding carboxylic acids is 3. The molecule has 0 radical (unpaired) electrons. The van der Waals surface area contributed by atoms with Gasteiger partial charge < -0.3 is 15.8 Å². The molecule has 1 aliphatic rings. The molecule has 1 saturated heterocycles. The third kappa shape index (κ3) is 3.47. The lowest BCUT2D eigenvalue weighted by molar-refractivity contribution is -0.137. The first kappa shape index (κ1) is 13.9. The van der Waals surface area contributed by atoms with E-state index in [0.29, 0.717) is 17.9 Å². The summed E-state index contributed by atoms with van der Waals surface area (Å²) in [5.74, 6) is -0.851. The SMILES string of the molecule is Nc1ccccc1OCC(=O)NC1CCC(=O)NC1=O. The van der Waals surface area contributed by atoms with Gasteiger partial charge in [-0.15, -0.1) is 0 Å². The first-order valence-electron chi connectivity index (χ1n) is 6.16. The lowest BCUT2D eigenvalue weighted by atomic mass is 10.1. The van der Waals surface area contributed by atoms with Gasteiger partial charge in [-0.3, -0.25) is 19.7 Å². The molecular formula is C13H15N3O4. The number of piperidine rings is 1. The number of ether oxygens (including phenoxy) is 1. The first-order valence-corrected chi connectivity index (χ1v) is 6.16. The fourth-order valence-electron chi connectivity index (χ4n) is 1.82. The summed E-state index contributed by atoms with van der Waals surface area (Å²) in [6, 6.07) is 6.11. The third-order valence-corrected chi connectivity index (χ3v) is 2.85. The van der Waals surface area contributed by atoms with Crippen molar-refractivity contribution in [3.63, 3.8) is 0 Å². The van der Waals surface area contributed by atoms with Crippen LogP contribution in [0.25, 0.3) is 0 Å². The lowest BCUT2D eigenvalue weighted by Gasteiger charge is -2.21. The van der Waals surface area contributed by atoms with Crippen LogP contribution in [0.1, 0.15) is 12.8 Å². The minimum absolute atomic E-state index is 0.211. The van der Waals surface area contributed by atoms with Crippen molar-refractivity contribution in [2.75, 3.05) is 12.3 Å². The zero-order chi connectivity index (χ0) is 14.5. The molecule has 0 aliphatic carbocycles. The van der Waals surface area contributed by atoms with E-state index in [0.717, 1.165) is 0 Å². The molecule has 7 nitrogen and oxygen atoms in total. The van der Waals surface area contributed by atoms with Crippen molar-refractivity contribution in [1.29, 1.82) is 0 Å². The van der Waals surface area contributed by atoms with Crippen LogP contribution in [0.4, 0.5) is 5.69 Å². The highest BCUT2D eigenvalue weighted by molar-refractivity contribution is 6.01. The number of nitrogen functional groups attached to an aromatic ring is 1. The monoisotopic (exact) mass is 277 g/mol. The van der Waals surface area contributed by atoms with E-state index in [9.17, 15) is 14.4 Å². The van der Waals surface area contributed by atoms with E-state index < -0.39 is 17.9 Å². The summed E-state index contributed by atoms with van der Waals surface area (Å²) in [5, 5.41) is 4.67. The number of amides is 3. The van der Waals surface area contributed by atoms with Gasteiger partial charge in [0.05, 0.1) is 5.69 Å². The molecule has 2 rings (SSSR count). The van der Waals surface area contributed by atoms with E-state index in [2.05, 4.69) is 10.6 Å². The van der Waals surface area contributed by atoms with Gasteiger partial charge in [0.25, 0.3) is 5.91 Å². The molecule has 106 valence electrons. The normalized spacial score (nSPS) is 18.3. The molecule has 0 aromatic heterocycles. The van der Waals surface area contributed by atoms with Gasteiger partial charge in [-0.05, 0) is 18.6 Å². The fourth-order valence-corrected chi connectivity index (χ4v) is 1.82. The van der Waals surface area contributed by atoms with Gasteiger partial charge in [0, 0.05) is 6.42 Å². The molecule has 1 unspecified atom stereocenters. The Bertz CT molecular complexity index is 544. The van der Waals surface area contributed by atoms with Gasteiger partial charge in [0.2, 0.25) is 11.8 Å². The zero-order valence-electron chi connectivity index (χ0n) is 10.7. The second kappa shape index (κ2) is 6.05. The number of imide groups is 1. The van der Waals surface area contributed by atoms with Crippen molar-refractivity contribution in [2.45, 2.75) is 18.9 Å². The van der Waals surface area contributed by atoms with E-state index in [-0.39, 0.29) is 18.9 Å². The summed E-state index contributed by atoms with van der Waals surface area (Å²) in [5.41, 5.74) is 6.10. The van der Waals surface area contributed by atoms with Crippen LogP contribution in [0.5, 0.6) is 5.75 Å². The Morgan fingerprint density at radius 2 is 2.15 bits per heavy atom. The highest BCUT2D eigenvalue weighted by Crippen LogP contribution is 2.19. The minimum atomic E-state index is -0.697. The summed E-state index contributed by atoms with van der Waals surface area (Å²) in [7, 11) is 0. The Kier molecular flexibility index (Phi) is 4.19. The molecule has 1 aliphatic heterocycles. The number of hydrogen-bond donors (Lipinski definition) is 3. The Morgan fingerprint density at radius 1 is 1.40 bits per heavy atom. The summed E-state index contributed by atoms with van der Waals surface area (Å²) in [4.78, 5) is 34.1. The predicted octanol–water partition coefficient (Wildman–Crippen LogP) is -0.431. The molecule has 0 saturated carbocycles. The zero-order valence-corrected chi connectivity index (χ0v) is 10.7. The Balaban J connectivity index is 1.83. The standard InChI is InChI=1S/C13H15N3O4/c14-8-3-1-2-4-10(8)20-7-12(18)15-9-5-6-11(17)16-13(9)19/h1-4,9H,5-7,14H2,(H,15,18)(H,16,17,19). The maximum Gasteiger partial charge on any atom is 0.258 e. The molecule has 4 N–H and O–H groups in total. The average Bonchev–Trinajstić information content (AvgIpc) is 2.41. The van der Waals surface area contributed by atoms with Gasteiger partial charge >= 0.3 is 0 Å². The molecule has 1 aromatic carbocycles. The average molecular weight is 277 g/mol. The number of para-hydroxylation sites is 2. The second-order valence-corrected chi connectivity index (χ2v) is 4.40. The first-order chi connectivity index (χ1) is 9.56. The Hall–Kier alpha value is -2.57. The van der Waals surface area contributed by atoms with Crippen LogP contribution in [-0.2, 0) is 14.4 Å². The summed E-state index contributed by atoms with van der Waals surface area (Å²) in [6.45, 7) is -0.244. The summed E-state index contributed by atoms with van der Waals surface area (Å²) >= 11 is 0. The van der Waals surface area contributed by atoms with Crippen LogP contribution in [0.2, 0.25) is 0 Å². The minimum Gasteiger partial charge on any atom is -0.482 e. The molecule has 1 aromatic rings. The highest BCUT2D eigenvalue weighted by Gasteiger charge is 2.27. The van der Waals surface area contributed by atoms with E-state index in [1.165, 1.54) is 0 Å². The molecule has 1 heterocycles. The van der Waals surface area contributed by atoms with Crippen LogP contribution >= 0.6 is 0 Å². The van der Waals surface area contributed by atoms with Crippen LogP contribution in [0.3, 0.4) is 0 Å². The molecular weight excluding hydrogens is 262 g/mol. The van der Waals surface area contributed by atoms with Gasteiger partial charge in [-0.2, -0.15) is 0 Å². The number of benzene rings is 1. The maximum absolute atomic E-state index is 11.7. The van der Waals surface area contributed by atoms with Gasteiger partial charge in [0.1, 0.15) is 11.8 Å². The topological polar surface area (TPSA) is 111 Å². The molecule has 0 bridgehead atoms. The van der Waals surface area contributed by atoms with E-state index in [1.807, 2.05) is 0 Å². The fraction of sp³-hybridized carbons (Fsp3) is 0.308. The molecule has 0 spiro atoms. The number of carbonyl (C=O) groups is 3. The number of anilines is 1. The molecule has 20 heavy (non-hydrogen) atoms. The number of hydrogen-bond acceptors (Lipinski definition) is 5.